The molecular weight excluding hydrogens is 270 g/mol. The number of nitrogens with zero attached hydrogens (tertiary/aromatic N) is 1. The van der Waals surface area contributed by atoms with Crippen LogP contribution in [0.4, 0.5) is 0 Å². The first-order valence-electron chi connectivity index (χ1n) is 9.59. The van der Waals surface area contributed by atoms with Crippen LogP contribution in [-0.4, -0.2) is 23.9 Å². The van der Waals surface area contributed by atoms with Gasteiger partial charge in [-0.15, -0.1) is 0 Å². The molecule has 0 aromatic carbocycles. The molecule has 0 heterocycles. The lowest BCUT2D eigenvalue weighted by molar-refractivity contribution is -0.139. The lowest BCUT2D eigenvalue weighted by Gasteiger charge is -2.33. The largest absolute Gasteiger partial charge is 0.342 e. The van der Waals surface area contributed by atoms with Crippen LogP contribution in [0.5, 0.6) is 0 Å². The molecule has 0 aliphatic heterocycles. The fourth-order valence-corrected chi connectivity index (χ4v) is 2.53. The summed E-state index contributed by atoms with van der Waals surface area (Å²) >= 11 is 0. The zero-order chi connectivity index (χ0) is 17.7. The highest BCUT2D eigenvalue weighted by molar-refractivity contribution is 5.79. The molecule has 0 bridgehead atoms. The zero-order valence-corrected chi connectivity index (χ0v) is 16.9. The molecule has 0 saturated carbocycles. The van der Waals surface area contributed by atoms with Crippen molar-refractivity contribution in [2.45, 2.75) is 88.0 Å². The van der Waals surface area contributed by atoms with E-state index in [2.05, 4.69) is 67.2 Å². The minimum Gasteiger partial charge on any atom is -0.342 e. The quantitative estimate of drug-likeness (QED) is 0.511. The van der Waals surface area contributed by atoms with E-state index in [1.54, 1.807) is 0 Å². The Morgan fingerprint density at radius 2 is 1.36 bits per heavy atom. The van der Waals surface area contributed by atoms with Crippen molar-refractivity contribution in [1.82, 2.24) is 4.90 Å². The molecule has 1 amide bonds. The van der Waals surface area contributed by atoms with Crippen LogP contribution in [0.2, 0.25) is 0 Å². The van der Waals surface area contributed by atoms with Gasteiger partial charge in [0.2, 0.25) is 5.91 Å². The Morgan fingerprint density at radius 3 is 1.64 bits per heavy atom. The summed E-state index contributed by atoms with van der Waals surface area (Å²) in [6, 6.07) is 0. The number of hydrogen-bond acceptors (Lipinski definition) is 1. The highest BCUT2D eigenvalue weighted by Crippen LogP contribution is 2.26. The summed E-state index contributed by atoms with van der Waals surface area (Å²) in [5.41, 5.74) is 0. The molecule has 0 rings (SSSR count). The maximum absolute atomic E-state index is 12.7. The van der Waals surface area contributed by atoms with Gasteiger partial charge in [0.05, 0.1) is 0 Å². The monoisotopic (exact) mass is 313 g/mol. The molecule has 0 aromatic rings. The number of carbonyl (C=O) groups is 1. The first kappa shape index (κ1) is 23.7. The highest BCUT2D eigenvalue weighted by atomic mass is 16.2. The van der Waals surface area contributed by atoms with Crippen molar-refractivity contribution in [3.63, 3.8) is 0 Å². The molecule has 0 N–H and O–H groups in total. The molecule has 0 spiro atoms. The zero-order valence-electron chi connectivity index (χ0n) is 16.9. The summed E-state index contributed by atoms with van der Waals surface area (Å²) in [7, 11) is 0. The van der Waals surface area contributed by atoms with Crippen LogP contribution in [0.1, 0.15) is 88.0 Å². The van der Waals surface area contributed by atoms with Gasteiger partial charge in [0.25, 0.3) is 0 Å². The molecule has 0 aliphatic rings. The Kier molecular flexibility index (Phi) is 15.2. The molecule has 2 heteroatoms. The summed E-state index contributed by atoms with van der Waals surface area (Å²) < 4.78 is 0. The van der Waals surface area contributed by atoms with Gasteiger partial charge in [-0.2, -0.15) is 0 Å². The number of carbonyl (C=O) groups excluding carboxylic acids is 1. The van der Waals surface area contributed by atoms with Gasteiger partial charge in [-0.25, -0.2) is 0 Å². The van der Waals surface area contributed by atoms with Crippen molar-refractivity contribution >= 4 is 5.91 Å². The predicted molar refractivity (Wildman–Crippen MR) is 100 cm³/mol. The Bertz CT molecular complexity index is 260. The minimum atomic E-state index is 0.180. The van der Waals surface area contributed by atoms with E-state index in [0.717, 1.165) is 25.9 Å². The van der Waals surface area contributed by atoms with Crippen LogP contribution >= 0.6 is 0 Å². The normalized spacial score (nSPS) is 14.8. The first-order valence-corrected chi connectivity index (χ1v) is 9.59. The van der Waals surface area contributed by atoms with Gasteiger partial charge in [-0.05, 0) is 24.7 Å². The van der Waals surface area contributed by atoms with Crippen molar-refractivity contribution in [2.24, 2.45) is 23.7 Å². The van der Waals surface area contributed by atoms with E-state index in [1.807, 2.05) is 0 Å². The average molecular weight is 314 g/mol. The second-order valence-electron chi connectivity index (χ2n) is 7.05. The van der Waals surface area contributed by atoms with Gasteiger partial charge in [-0.1, -0.05) is 81.1 Å². The number of amides is 1. The van der Waals surface area contributed by atoms with E-state index in [4.69, 9.17) is 0 Å². The molecule has 3 atom stereocenters. The third-order valence-electron chi connectivity index (χ3n) is 4.68. The van der Waals surface area contributed by atoms with Crippen molar-refractivity contribution in [2.75, 3.05) is 13.1 Å². The topological polar surface area (TPSA) is 20.3 Å². The van der Waals surface area contributed by atoms with E-state index in [-0.39, 0.29) is 5.92 Å². The van der Waals surface area contributed by atoms with Gasteiger partial charge in [0, 0.05) is 19.0 Å². The standard InChI is InChI=1S/C16H33NO.C4H10/c1-8-13(6)11-17(10-3)16(18)15(12(4)5)14(7)9-2;1-3-4-2/h12-15H,8-11H2,1-7H3;3-4H2,1-2H3. The summed E-state index contributed by atoms with van der Waals surface area (Å²) in [6.07, 6.45) is 4.86. The van der Waals surface area contributed by atoms with Crippen LogP contribution in [0, 0.1) is 23.7 Å². The van der Waals surface area contributed by atoms with Crippen molar-refractivity contribution in [3.05, 3.63) is 0 Å². The Hall–Kier alpha value is -0.530. The fraction of sp³-hybridized carbons (Fsp3) is 0.950. The van der Waals surface area contributed by atoms with Crippen molar-refractivity contribution in [1.29, 1.82) is 0 Å². The smallest absolute Gasteiger partial charge is 0.226 e. The molecule has 22 heavy (non-hydrogen) atoms. The summed E-state index contributed by atoms with van der Waals surface area (Å²) in [5, 5.41) is 0. The fourth-order valence-electron chi connectivity index (χ4n) is 2.53. The molecule has 0 radical (unpaired) electrons. The number of unbranched alkanes of at least 4 members (excludes halogenated alkanes) is 1. The van der Waals surface area contributed by atoms with E-state index in [1.165, 1.54) is 12.8 Å². The molecular formula is C20H43NO. The Balaban J connectivity index is 0. The lowest BCUT2D eigenvalue weighted by Crippen LogP contribution is -2.42. The summed E-state index contributed by atoms with van der Waals surface area (Å²) in [5.74, 6) is 2.04. The third kappa shape index (κ3) is 9.48. The van der Waals surface area contributed by atoms with Crippen LogP contribution < -0.4 is 0 Å². The SMILES string of the molecule is CCC(C)CN(CC)C(=O)C(C(C)C)C(C)CC.CCCC. The third-order valence-corrected chi connectivity index (χ3v) is 4.68. The number of hydrogen-bond donors (Lipinski definition) is 0. The lowest BCUT2D eigenvalue weighted by atomic mass is 9.81. The van der Waals surface area contributed by atoms with Gasteiger partial charge in [0.15, 0.2) is 0 Å². The van der Waals surface area contributed by atoms with E-state index in [0.29, 0.717) is 23.7 Å². The van der Waals surface area contributed by atoms with Crippen molar-refractivity contribution in [3.8, 4) is 0 Å². The van der Waals surface area contributed by atoms with Gasteiger partial charge in [0.1, 0.15) is 0 Å². The second-order valence-corrected chi connectivity index (χ2v) is 7.05. The number of rotatable bonds is 9. The molecule has 3 unspecified atom stereocenters. The second kappa shape index (κ2) is 14.1. The molecule has 0 saturated heterocycles. The van der Waals surface area contributed by atoms with Crippen LogP contribution in [0.25, 0.3) is 0 Å². The van der Waals surface area contributed by atoms with E-state index >= 15 is 0 Å². The molecule has 0 fully saturated rings. The highest BCUT2D eigenvalue weighted by Gasteiger charge is 2.30. The molecule has 0 aliphatic carbocycles. The summed E-state index contributed by atoms with van der Waals surface area (Å²) in [6.45, 7) is 21.3. The molecule has 134 valence electrons. The van der Waals surface area contributed by atoms with E-state index in [9.17, 15) is 4.79 Å². The van der Waals surface area contributed by atoms with E-state index < -0.39 is 0 Å². The van der Waals surface area contributed by atoms with Gasteiger partial charge in [-0.3, -0.25) is 4.79 Å². The minimum absolute atomic E-state index is 0.180. The molecule has 0 aromatic heterocycles. The van der Waals surface area contributed by atoms with Crippen LogP contribution in [0.3, 0.4) is 0 Å². The maximum Gasteiger partial charge on any atom is 0.226 e. The molecule has 2 nitrogen and oxygen atoms in total. The first-order chi connectivity index (χ1) is 10.3. The average Bonchev–Trinajstić information content (AvgIpc) is 2.51. The van der Waals surface area contributed by atoms with Crippen molar-refractivity contribution < 1.29 is 4.79 Å². The Morgan fingerprint density at radius 1 is 0.864 bits per heavy atom. The van der Waals surface area contributed by atoms with Gasteiger partial charge < -0.3 is 4.90 Å². The van der Waals surface area contributed by atoms with Crippen LogP contribution in [-0.2, 0) is 4.79 Å². The van der Waals surface area contributed by atoms with Gasteiger partial charge >= 0.3 is 0 Å². The summed E-state index contributed by atoms with van der Waals surface area (Å²) in [4.78, 5) is 14.8. The maximum atomic E-state index is 12.7. The van der Waals surface area contributed by atoms with Crippen LogP contribution in [0.15, 0.2) is 0 Å². The Labute approximate surface area is 141 Å². The predicted octanol–water partition coefficient (Wildman–Crippen LogP) is 6.01.